The van der Waals surface area contributed by atoms with E-state index in [2.05, 4.69) is 20.5 Å². The molecule has 0 amide bonds. The average molecular weight is 492 g/mol. The molecule has 0 unspecified atom stereocenters. The zero-order valence-electron chi connectivity index (χ0n) is 18.0. The summed E-state index contributed by atoms with van der Waals surface area (Å²) in [6.45, 7) is 3.78. The lowest BCUT2D eigenvalue weighted by Crippen LogP contribution is -2.13. The summed E-state index contributed by atoms with van der Waals surface area (Å²) in [5.41, 5.74) is 4.78. The quantitative estimate of drug-likeness (QED) is 0.231. The van der Waals surface area contributed by atoms with Crippen LogP contribution < -0.4 is 9.47 Å². The van der Waals surface area contributed by atoms with E-state index in [1.807, 2.05) is 50.2 Å². The minimum atomic E-state index is -0.183. The molecular formula is C26H22BrNO4. The molecule has 4 aromatic rings. The van der Waals surface area contributed by atoms with Crippen molar-refractivity contribution in [3.63, 3.8) is 0 Å². The Morgan fingerprint density at radius 2 is 1.75 bits per heavy atom. The van der Waals surface area contributed by atoms with Crippen molar-refractivity contribution in [2.75, 3.05) is 13.7 Å². The van der Waals surface area contributed by atoms with Crippen LogP contribution in [0.3, 0.4) is 0 Å². The maximum absolute atomic E-state index is 13.4. The monoisotopic (exact) mass is 491 g/mol. The van der Waals surface area contributed by atoms with Crippen molar-refractivity contribution in [2.24, 2.45) is 0 Å². The summed E-state index contributed by atoms with van der Waals surface area (Å²) in [7, 11) is 1.59. The summed E-state index contributed by atoms with van der Waals surface area (Å²) >= 11 is 3.56. The van der Waals surface area contributed by atoms with Gasteiger partial charge in [-0.2, -0.15) is 0 Å². The number of hydrogen-bond donors (Lipinski definition) is 0. The zero-order chi connectivity index (χ0) is 22.8. The second kappa shape index (κ2) is 9.01. The molecule has 1 aromatic heterocycles. The highest BCUT2D eigenvalue weighted by molar-refractivity contribution is 9.10. The molecule has 162 valence electrons. The number of benzene rings is 3. The van der Waals surface area contributed by atoms with Gasteiger partial charge < -0.3 is 14.0 Å². The van der Waals surface area contributed by atoms with Gasteiger partial charge in [0.05, 0.1) is 28.2 Å². The highest BCUT2D eigenvalue weighted by Gasteiger charge is 2.23. The van der Waals surface area contributed by atoms with E-state index in [9.17, 15) is 9.59 Å². The van der Waals surface area contributed by atoms with Gasteiger partial charge in [-0.05, 0) is 66.2 Å². The SMILES string of the molecule is COc1cc2c(C(=O)COc3ccccc3C=O)c(C)n(-c3ccc(C)cc3)c2cc1Br. The van der Waals surface area contributed by atoms with Crippen LogP contribution in [0.25, 0.3) is 16.6 Å². The molecule has 6 heteroatoms. The first-order valence-corrected chi connectivity index (χ1v) is 10.9. The molecular weight excluding hydrogens is 470 g/mol. The van der Waals surface area contributed by atoms with Crippen LogP contribution in [-0.2, 0) is 0 Å². The minimum absolute atomic E-state index is 0.177. The number of halogens is 1. The number of para-hydroxylation sites is 1. The number of carbonyl (C=O) groups excluding carboxylic acids is 2. The van der Waals surface area contributed by atoms with E-state index in [-0.39, 0.29) is 12.4 Å². The van der Waals surface area contributed by atoms with Crippen molar-refractivity contribution in [3.05, 3.63) is 87.5 Å². The van der Waals surface area contributed by atoms with Crippen LogP contribution in [-0.4, -0.2) is 30.4 Å². The van der Waals surface area contributed by atoms with Gasteiger partial charge in [-0.15, -0.1) is 0 Å². The number of aldehydes is 1. The molecule has 0 saturated carbocycles. The topological polar surface area (TPSA) is 57.5 Å². The van der Waals surface area contributed by atoms with Gasteiger partial charge >= 0.3 is 0 Å². The maximum atomic E-state index is 13.4. The molecule has 0 atom stereocenters. The number of carbonyl (C=O) groups is 2. The van der Waals surface area contributed by atoms with Crippen LogP contribution in [0.5, 0.6) is 11.5 Å². The Bertz CT molecular complexity index is 1320. The Hall–Kier alpha value is -3.38. The lowest BCUT2D eigenvalue weighted by Gasteiger charge is -2.10. The Balaban J connectivity index is 1.82. The van der Waals surface area contributed by atoms with Crippen molar-refractivity contribution in [1.82, 2.24) is 4.57 Å². The summed E-state index contributed by atoms with van der Waals surface area (Å²) in [5.74, 6) is 0.847. The molecule has 4 rings (SSSR count). The van der Waals surface area contributed by atoms with Gasteiger partial charge in [0.15, 0.2) is 12.9 Å². The summed E-state index contributed by atoms with van der Waals surface area (Å²) in [6, 6.07) is 18.8. The van der Waals surface area contributed by atoms with Crippen molar-refractivity contribution in [1.29, 1.82) is 0 Å². The molecule has 0 fully saturated rings. The van der Waals surface area contributed by atoms with Crippen molar-refractivity contribution in [3.8, 4) is 17.2 Å². The van der Waals surface area contributed by atoms with Crippen LogP contribution in [0.2, 0.25) is 0 Å². The average Bonchev–Trinajstić information content (AvgIpc) is 3.08. The summed E-state index contributed by atoms with van der Waals surface area (Å²) in [4.78, 5) is 24.6. The Labute approximate surface area is 194 Å². The van der Waals surface area contributed by atoms with E-state index in [0.717, 1.165) is 38.6 Å². The van der Waals surface area contributed by atoms with E-state index >= 15 is 0 Å². The second-order valence-corrected chi connectivity index (χ2v) is 8.36. The smallest absolute Gasteiger partial charge is 0.202 e. The third-order valence-corrected chi connectivity index (χ3v) is 6.07. The van der Waals surface area contributed by atoms with Crippen molar-refractivity contribution in [2.45, 2.75) is 13.8 Å². The molecule has 5 nitrogen and oxygen atoms in total. The number of ether oxygens (including phenoxy) is 2. The number of fused-ring (bicyclic) bond motifs is 1. The number of methoxy groups -OCH3 is 1. The van der Waals surface area contributed by atoms with Crippen LogP contribution >= 0.6 is 15.9 Å². The number of ketones is 1. The molecule has 32 heavy (non-hydrogen) atoms. The van der Waals surface area contributed by atoms with Gasteiger partial charge in [0, 0.05) is 16.8 Å². The molecule has 0 aliphatic carbocycles. The summed E-state index contributed by atoms with van der Waals surface area (Å²) in [5, 5.41) is 0.778. The lowest BCUT2D eigenvalue weighted by atomic mass is 10.1. The second-order valence-electron chi connectivity index (χ2n) is 7.50. The third kappa shape index (κ3) is 3.94. The van der Waals surface area contributed by atoms with Gasteiger partial charge in [-0.3, -0.25) is 9.59 Å². The number of nitrogens with zero attached hydrogens (tertiary/aromatic N) is 1. The number of aromatic nitrogens is 1. The first-order valence-electron chi connectivity index (χ1n) is 10.1. The molecule has 0 spiro atoms. The first kappa shape index (κ1) is 21.8. The Morgan fingerprint density at radius 3 is 2.44 bits per heavy atom. The van der Waals surface area contributed by atoms with E-state index in [1.165, 1.54) is 0 Å². The fourth-order valence-corrected chi connectivity index (χ4v) is 4.37. The Morgan fingerprint density at radius 1 is 1.03 bits per heavy atom. The predicted molar refractivity (Wildman–Crippen MR) is 129 cm³/mol. The molecule has 0 aliphatic heterocycles. The fraction of sp³-hybridized carbons (Fsp3) is 0.154. The third-order valence-electron chi connectivity index (χ3n) is 5.45. The van der Waals surface area contributed by atoms with E-state index in [1.54, 1.807) is 31.4 Å². The van der Waals surface area contributed by atoms with Crippen molar-refractivity contribution < 1.29 is 19.1 Å². The van der Waals surface area contributed by atoms with E-state index < -0.39 is 0 Å². The maximum Gasteiger partial charge on any atom is 0.202 e. The molecule has 0 saturated heterocycles. The molecule has 0 bridgehead atoms. The molecule has 0 radical (unpaired) electrons. The molecule has 3 aromatic carbocycles. The van der Waals surface area contributed by atoms with Gasteiger partial charge in [-0.25, -0.2) is 0 Å². The van der Waals surface area contributed by atoms with Gasteiger partial charge in [-0.1, -0.05) is 29.8 Å². The number of rotatable bonds is 7. The first-order chi connectivity index (χ1) is 15.4. The molecule has 0 N–H and O–H groups in total. The molecule has 1 heterocycles. The van der Waals surface area contributed by atoms with Crippen LogP contribution in [0.4, 0.5) is 0 Å². The predicted octanol–water partition coefficient (Wildman–Crippen LogP) is 6.09. The standard InChI is InChI=1S/C26H22BrNO4/c1-16-8-10-19(11-9-16)28-17(2)26(20-12-25(31-3)21(27)13-22(20)28)23(30)15-32-24-7-5-4-6-18(24)14-29/h4-14H,15H2,1-3H3. The Kier molecular flexibility index (Phi) is 6.15. The summed E-state index contributed by atoms with van der Waals surface area (Å²) < 4.78 is 14.1. The highest BCUT2D eigenvalue weighted by atomic mass is 79.9. The largest absolute Gasteiger partial charge is 0.496 e. The van der Waals surface area contributed by atoms with E-state index in [4.69, 9.17) is 9.47 Å². The fourth-order valence-electron chi connectivity index (χ4n) is 3.88. The van der Waals surface area contributed by atoms with Gasteiger partial charge in [0.25, 0.3) is 0 Å². The van der Waals surface area contributed by atoms with E-state index in [0.29, 0.717) is 22.6 Å². The molecule has 0 aliphatic rings. The van der Waals surface area contributed by atoms with Crippen molar-refractivity contribution >= 4 is 38.9 Å². The number of aryl methyl sites for hydroxylation is 1. The lowest BCUT2D eigenvalue weighted by molar-refractivity contribution is 0.0919. The normalized spacial score (nSPS) is 10.9. The van der Waals surface area contributed by atoms with Crippen LogP contribution in [0.1, 0.15) is 32.0 Å². The highest BCUT2D eigenvalue weighted by Crippen LogP contribution is 2.37. The summed E-state index contributed by atoms with van der Waals surface area (Å²) in [6.07, 6.45) is 0.719. The van der Waals surface area contributed by atoms with Gasteiger partial charge in [0.2, 0.25) is 5.78 Å². The van der Waals surface area contributed by atoms with Gasteiger partial charge in [0.1, 0.15) is 11.5 Å². The minimum Gasteiger partial charge on any atom is -0.496 e. The number of hydrogen-bond acceptors (Lipinski definition) is 4. The number of Topliss-reactive ketones (excluding diaryl/α,β-unsaturated/α-hetero) is 1. The van der Waals surface area contributed by atoms with Crippen LogP contribution in [0, 0.1) is 13.8 Å². The van der Waals surface area contributed by atoms with Crippen LogP contribution in [0.15, 0.2) is 65.1 Å². The zero-order valence-corrected chi connectivity index (χ0v) is 19.6.